The summed E-state index contributed by atoms with van der Waals surface area (Å²) in [5.74, 6) is 0. The number of rotatable bonds is 4. The van der Waals surface area contributed by atoms with E-state index >= 15 is 0 Å². The molecule has 278 valence electrons. The van der Waals surface area contributed by atoms with Crippen LogP contribution in [0.2, 0.25) is 0 Å². The van der Waals surface area contributed by atoms with Gasteiger partial charge in [-0.15, -0.1) is 0 Å². The maximum absolute atomic E-state index is 6.64. The summed E-state index contributed by atoms with van der Waals surface area (Å²) < 4.78 is 9.52. The second-order valence-corrected chi connectivity index (χ2v) is 18.1. The predicted molar refractivity (Wildman–Crippen MR) is 257 cm³/mol. The maximum atomic E-state index is 6.64. The summed E-state index contributed by atoms with van der Waals surface area (Å²) in [5, 5.41) is 15.1. The van der Waals surface area contributed by atoms with E-state index in [1.807, 2.05) is 6.07 Å². The van der Waals surface area contributed by atoms with Crippen molar-refractivity contribution in [2.24, 2.45) is 0 Å². The quantitative estimate of drug-likeness (QED) is 0.127. The molecular formula is C58H34OSe. The van der Waals surface area contributed by atoms with Crippen molar-refractivity contribution in [2.75, 3.05) is 0 Å². The van der Waals surface area contributed by atoms with Gasteiger partial charge in [-0.1, -0.05) is 18.2 Å². The number of benzene rings is 11. The van der Waals surface area contributed by atoms with E-state index in [1.54, 1.807) is 0 Å². The van der Waals surface area contributed by atoms with Gasteiger partial charge in [0.1, 0.15) is 0 Å². The number of fused-ring (bicyclic) bond motifs is 10. The fraction of sp³-hybridized carbons (Fsp3) is 0. The molecule has 2 heteroatoms. The minimum absolute atomic E-state index is 0.189. The van der Waals surface area contributed by atoms with Crippen LogP contribution >= 0.6 is 0 Å². The first kappa shape index (κ1) is 33.7. The van der Waals surface area contributed by atoms with Gasteiger partial charge in [-0.3, -0.25) is 0 Å². The SMILES string of the molecule is c1ccc(-c2c3ccccc3c(-c3ccc4c(c3)[se]c3ccc(-c5c6ccccc6c(-c6cccc7c6oc6ccccc67)c6ccccc56)cc34)c3ccccc23)cc1. The molecule has 0 atom stereocenters. The Morgan fingerprint density at radius 3 is 1.33 bits per heavy atom. The molecule has 13 aromatic rings. The first-order chi connectivity index (χ1) is 29.8. The van der Waals surface area contributed by atoms with E-state index in [-0.39, 0.29) is 14.5 Å². The summed E-state index contributed by atoms with van der Waals surface area (Å²) in [6.07, 6.45) is 0. The van der Waals surface area contributed by atoms with E-state index in [9.17, 15) is 0 Å². The first-order valence-corrected chi connectivity index (χ1v) is 22.3. The van der Waals surface area contributed by atoms with Gasteiger partial charge in [0.25, 0.3) is 0 Å². The van der Waals surface area contributed by atoms with E-state index in [0.717, 1.165) is 27.5 Å². The van der Waals surface area contributed by atoms with Crippen LogP contribution in [0.4, 0.5) is 0 Å². The Kier molecular flexibility index (Phi) is 7.39. The Morgan fingerprint density at radius 2 is 0.733 bits per heavy atom. The van der Waals surface area contributed by atoms with E-state index in [2.05, 4.69) is 200 Å². The molecule has 0 N–H and O–H groups in total. The molecule has 0 bridgehead atoms. The van der Waals surface area contributed by atoms with Crippen LogP contribution in [-0.4, -0.2) is 14.5 Å². The van der Waals surface area contributed by atoms with Crippen LogP contribution in [-0.2, 0) is 0 Å². The molecule has 0 saturated carbocycles. The molecule has 0 fully saturated rings. The molecule has 0 aliphatic rings. The predicted octanol–water partition coefficient (Wildman–Crippen LogP) is 16.2. The topological polar surface area (TPSA) is 13.1 Å². The second kappa shape index (κ2) is 13.1. The molecule has 13 rings (SSSR count). The molecule has 60 heavy (non-hydrogen) atoms. The van der Waals surface area contributed by atoms with Crippen LogP contribution in [0.25, 0.3) is 129 Å². The third kappa shape index (κ3) is 4.93. The fourth-order valence-corrected chi connectivity index (χ4v) is 12.5. The standard InChI is InChI=1S/C58H34OSe/c1-2-15-35(16-3-1)54-40-18-4-6-20-42(40)56(43-21-7-5-19-41(43)54)37-29-31-39-50-33-36(30-32-52(50)60-53(39)34-37)55-44-22-8-10-24-46(44)57(47-25-11-9-23-45(47)55)49-27-14-26-48-38-17-12-13-28-51(38)59-58(48)49/h1-34H. The van der Waals surface area contributed by atoms with Gasteiger partial charge < -0.3 is 0 Å². The van der Waals surface area contributed by atoms with Crippen molar-refractivity contribution in [2.45, 2.75) is 0 Å². The van der Waals surface area contributed by atoms with Crippen LogP contribution in [0.3, 0.4) is 0 Å². The van der Waals surface area contributed by atoms with Gasteiger partial charge >= 0.3 is 330 Å². The Balaban J connectivity index is 1.01. The molecule has 0 saturated heterocycles. The minimum atomic E-state index is 0.189. The van der Waals surface area contributed by atoms with Gasteiger partial charge in [0, 0.05) is 0 Å². The molecule has 0 aliphatic heterocycles. The monoisotopic (exact) mass is 826 g/mol. The van der Waals surface area contributed by atoms with E-state index in [0.29, 0.717) is 0 Å². The van der Waals surface area contributed by atoms with Crippen LogP contribution in [0.5, 0.6) is 0 Å². The van der Waals surface area contributed by atoms with E-state index in [4.69, 9.17) is 4.42 Å². The van der Waals surface area contributed by atoms with E-state index < -0.39 is 0 Å². The number of hydrogen-bond donors (Lipinski definition) is 0. The zero-order chi connectivity index (χ0) is 39.3. The molecule has 2 aromatic heterocycles. The van der Waals surface area contributed by atoms with Gasteiger partial charge in [0.2, 0.25) is 0 Å². The molecule has 0 spiro atoms. The average molecular weight is 826 g/mol. The van der Waals surface area contributed by atoms with Crippen LogP contribution in [0.15, 0.2) is 211 Å². The van der Waals surface area contributed by atoms with Crippen LogP contribution in [0.1, 0.15) is 0 Å². The fourth-order valence-electron chi connectivity index (χ4n) is 10.1. The van der Waals surface area contributed by atoms with Gasteiger partial charge in [0.05, 0.1) is 0 Å². The normalized spacial score (nSPS) is 12.0. The van der Waals surface area contributed by atoms with Crippen LogP contribution in [0, 0.1) is 0 Å². The molecule has 11 aromatic carbocycles. The molecule has 0 amide bonds. The van der Waals surface area contributed by atoms with Crippen molar-refractivity contribution < 1.29 is 4.42 Å². The summed E-state index contributed by atoms with van der Waals surface area (Å²) in [6, 6.07) is 76.1. The van der Waals surface area contributed by atoms with Crippen molar-refractivity contribution in [3.8, 4) is 44.5 Å². The van der Waals surface area contributed by atoms with Crippen molar-refractivity contribution in [1.82, 2.24) is 0 Å². The average Bonchev–Trinajstić information content (AvgIpc) is 3.88. The van der Waals surface area contributed by atoms with Gasteiger partial charge in [-0.25, -0.2) is 0 Å². The number of furan rings is 1. The molecular weight excluding hydrogens is 792 g/mol. The van der Waals surface area contributed by atoms with E-state index in [1.165, 1.54) is 101 Å². The third-order valence-corrected chi connectivity index (χ3v) is 15.0. The zero-order valence-electron chi connectivity index (χ0n) is 32.4. The van der Waals surface area contributed by atoms with Gasteiger partial charge in [-0.2, -0.15) is 0 Å². The summed E-state index contributed by atoms with van der Waals surface area (Å²) >= 11 is 0.189. The van der Waals surface area contributed by atoms with Crippen LogP contribution < -0.4 is 0 Å². The van der Waals surface area contributed by atoms with Crippen molar-refractivity contribution in [3.63, 3.8) is 0 Å². The Labute approximate surface area is 352 Å². The van der Waals surface area contributed by atoms with Crippen molar-refractivity contribution in [1.29, 1.82) is 0 Å². The molecule has 0 aliphatic carbocycles. The zero-order valence-corrected chi connectivity index (χ0v) is 34.2. The molecule has 1 nitrogen and oxygen atoms in total. The van der Waals surface area contributed by atoms with Gasteiger partial charge in [-0.05, 0) is 6.07 Å². The second-order valence-electron chi connectivity index (χ2n) is 15.9. The Hall–Kier alpha value is -7.22. The van der Waals surface area contributed by atoms with Gasteiger partial charge in [0.15, 0.2) is 0 Å². The number of hydrogen-bond acceptors (Lipinski definition) is 1. The Morgan fingerprint density at radius 1 is 0.267 bits per heavy atom. The summed E-state index contributed by atoms with van der Waals surface area (Å²) in [6.45, 7) is 0. The summed E-state index contributed by atoms with van der Waals surface area (Å²) in [7, 11) is 0. The van der Waals surface area contributed by atoms with Crippen molar-refractivity contribution >= 4 is 98.8 Å². The molecule has 0 unspecified atom stereocenters. The number of para-hydroxylation sites is 2. The van der Waals surface area contributed by atoms with Crippen molar-refractivity contribution in [3.05, 3.63) is 206 Å². The Bertz CT molecular complexity index is 3770. The summed E-state index contributed by atoms with van der Waals surface area (Å²) in [5.41, 5.74) is 11.9. The molecule has 2 heterocycles. The summed E-state index contributed by atoms with van der Waals surface area (Å²) in [4.78, 5) is 0. The third-order valence-electron chi connectivity index (χ3n) is 12.6. The first-order valence-electron chi connectivity index (χ1n) is 20.6. The molecule has 0 radical (unpaired) electrons.